The van der Waals surface area contributed by atoms with Crippen LogP contribution >= 0.6 is 0 Å². The molecule has 0 bridgehead atoms. The smallest absolute Gasteiger partial charge is 0.330 e. The number of epoxide rings is 1. The van der Waals surface area contributed by atoms with Gasteiger partial charge in [0.1, 0.15) is 5.60 Å². The van der Waals surface area contributed by atoms with Crippen molar-refractivity contribution in [3.05, 3.63) is 97.1 Å². The Morgan fingerprint density at radius 1 is 0.970 bits per heavy atom. The minimum atomic E-state index is -2.71. The third-order valence-corrected chi connectivity index (χ3v) is 11.0. The van der Waals surface area contributed by atoms with Gasteiger partial charge in [-0.2, -0.15) is 0 Å². The Balaban J connectivity index is 2.01. The number of rotatable bonds is 9. The number of hydrogen-bond donors (Lipinski definition) is 0. The molecule has 1 aliphatic heterocycles. The molecule has 0 radical (unpaired) electrons. The molecule has 4 nitrogen and oxygen atoms in total. The van der Waals surface area contributed by atoms with Crippen LogP contribution in [0.5, 0.6) is 0 Å². The van der Waals surface area contributed by atoms with Gasteiger partial charge in [0.05, 0.1) is 19.8 Å². The molecule has 0 aromatic heterocycles. The van der Waals surface area contributed by atoms with Gasteiger partial charge < -0.3 is 13.9 Å². The fourth-order valence-corrected chi connectivity index (χ4v) is 8.75. The van der Waals surface area contributed by atoms with E-state index in [2.05, 4.69) is 87.0 Å². The summed E-state index contributed by atoms with van der Waals surface area (Å²) in [7, 11) is -1.35. The van der Waals surface area contributed by atoms with E-state index in [4.69, 9.17) is 9.16 Å². The number of benzene rings is 2. The summed E-state index contributed by atoms with van der Waals surface area (Å²) >= 11 is 0. The van der Waals surface area contributed by atoms with Crippen LogP contribution < -0.4 is 10.4 Å². The van der Waals surface area contributed by atoms with Crippen LogP contribution in [0.1, 0.15) is 27.7 Å². The first kappa shape index (κ1) is 24.9. The van der Waals surface area contributed by atoms with Crippen molar-refractivity contribution in [2.24, 2.45) is 0 Å². The van der Waals surface area contributed by atoms with Crippen LogP contribution in [0.3, 0.4) is 0 Å². The highest BCUT2D eigenvalue weighted by Crippen LogP contribution is 2.41. The molecular weight excluding hydrogens is 428 g/mol. The molecule has 1 saturated heterocycles. The summed E-state index contributed by atoms with van der Waals surface area (Å²) in [6.07, 6.45) is 10.5. The molecule has 0 saturated carbocycles. The van der Waals surface area contributed by atoms with Crippen molar-refractivity contribution in [3.63, 3.8) is 0 Å². The molecule has 0 N–H and O–H groups in total. The minimum Gasteiger partial charge on any atom is -0.466 e. The van der Waals surface area contributed by atoms with Gasteiger partial charge in [-0.3, -0.25) is 0 Å². The quantitative estimate of drug-likeness (QED) is 0.180. The lowest BCUT2D eigenvalue weighted by atomic mass is 10.1. The average Bonchev–Trinajstić information content (AvgIpc) is 3.56. The highest BCUT2D eigenvalue weighted by atomic mass is 28.4. The SMILES string of the molecule is COC(=O)/C=C/C=C/C=C/[C@@H](O[Si](c1ccccc1)(c1ccccc1)C(C)(C)C)[C@]1(C)CO1. The molecule has 0 spiro atoms. The summed E-state index contributed by atoms with van der Waals surface area (Å²) in [4.78, 5) is 11.2. The normalized spacial score (nSPS) is 19.9. The predicted octanol–water partition coefficient (Wildman–Crippen LogP) is 4.56. The van der Waals surface area contributed by atoms with Crippen molar-refractivity contribution >= 4 is 24.7 Å². The second-order valence-corrected chi connectivity index (χ2v) is 13.7. The van der Waals surface area contributed by atoms with Crippen LogP contribution in [0.25, 0.3) is 0 Å². The number of esters is 1. The fourth-order valence-electron chi connectivity index (χ4n) is 4.02. The van der Waals surface area contributed by atoms with E-state index >= 15 is 0 Å². The predicted molar refractivity (Wildman–Crippen MR) is 136 cm³/mol. The number of ether oxygens (including phenoxy) is 2. The van der Waals surface area contributed by atoms with E-state index in [9.17, 15) is 4.79 Å². The van der Waals surface area contributed by atoms with Gasteiger partial charge in [0.2, 0.25) is 0 Å². The van der Waals surface area contributed by atoms with E-state index < -0.39 is 8.32 Å². The maximum atomic E-state index is 11.2. The summed E-state index contributed by atoms with van der Waals surface area (Å²) in [5.41, 5.74) is -0.362. The van der Waals surface area contributed by atoms with Crippen LogP contribution in [0.15, 0.2) is 97.1 Å². The van der Waals surface area contributed by atoms with Gasteiger partial charge in [-0.1, -0.05) is 112 Å². The molecule has 174 valence electrons. The number of carbonyl (C=O) groups is 1. The molecular formula is C28H34O4Si. The molecule has 0 unspecified atom stereocenters. The summed E-state index contributed by atoms with van der Waals surface area (Å²) in [5, 5.41) is 2.36. The molecule has 1 heterocycles. The first-order valence-corrected chi connectivity index (χ1v) is 13.2. The molecule has 2 aromatic carbocycles. The first-order chi connectivity index (χ1) is 15.7. The van der Waals surface area contributed by atoms with E-state index in [1.54, 1.807) is 12.2 Å². The zero-order valence-corrected chi connectivity index (χ0v) is 21.2. The van der Waals surface area contributed by atoms with Crippen LogP contribution in [-0.4, -0.2) is 39.7 Å². The molecule has 2 atom stereocenters. The largest absolute Gasteiger partial charge is 0.466 e. The second-order valence-electron chi connectivity index (χ2n) is 9.46. The molecule has 2 aromatic rings. The van der Waals surface area contributed by atoms with Gasteiger partial charge in [0, 0.05) is 6.08 Å². The van der Waals surface area contributed by atoms with Crippen molar-refractivity contribution in [1.29, 1.82) is 0 Å². The van der Waals surface area contributed by atoms with Crippen LogP contribution in [-0.2, 0) is 18.7 Å². The summed E-state index contributed by atoms with van der Waals surface area (Å²) < 4.78 is 17.7. The Bertz CT molecular complexity index is 960. The summed E-state index contributed by atoms with van der Waals surface area (Å²) in [6, 6.07) is 21.2. The van der Waals surface area contributed by atoms with E-state index in [-0.39, 0.29) is 22.7 Å². The highest BCUT2D eigenvalue weighted by molar-refractivity contribution is 6.99. The molecule has 33 heavy (non-hydrogen) atoms. The van der Waals surface area contributed by atoms with Crippen molar-refractivity contribution in [1.82, 2.24) is 0 Å². The fraction of sp³-hybridized carbons (Fsp3) is 0.321. The molecule has 1 fully saturated rings. The molecule has 0 aliphatic carbocycles. The lowest BCUT2D eigenvalue weighted by molar-refractivity contribution is -0.134. The van der Waals surface area contributed by atoms with Gasteiger partial charge in [-0.15, -0.1) is 0 Å². The maximum absolute atomic E-state index is 11.2. The lowest BCUT2D eigenvalue weighted by Gasteiger charge is -2.45. The Morgan fingerprint density at radius 2 is 1.48 bits per heavy atom. The maximum Gasteiger partial charge on any atom is 0.330 e. The Kier molecular flexibility index (Phi) is 7.90. The van der Waals surface area contributed by atoms with Gasteiger partial charge in [0.25, 0.3) is 8.32 Å². The molecule has 0 amide bonds. The number of hydrogen-bond acceptors (Lipinski definition) is 4. The molecule has 3 rings (SSSR count). The standard InChI is InChI=1S/C28H34O4Si/c1-27(2,3)33(23-16-10-8-11-17-23,24-18-12-9-13-19-24)32-25(28(4)22-31-28)20-14-6-7-15-21-26(29)30-5/h6-21,25H,22H2,1-5H3/b7-6+,20-14+,21-15+/t25-,28+/m1/s1. The monoisotopic (exact) mass is 462 g/mol. The molecule has 5 heteroatoms. The van der Waals surface area contributed by atoms with E-state index in [1.807, 2.05) is 24.3 Å². The lowest BCUT2D eigenvalue weighted by Crippen LogP contribution is -2.68. The zero-order chi connectivity index (χ0) is 24.0. The topological polar surface area (TPSA) is 48.1 Å². The van der Waals surface area contributed by atoms with Crippen molar-refractivity contribution in [2.45, 2.75) is 44.4 Å². The highest BCUT2D eigenvalue weighted by Gasteiger charge is 2.56. The minimum absolute atomic E-state index is 0.119. The summed E-state index contributed by atoms with van der Waals surface area (Å²) in [6.45, 7) is 9.57. The van der Waals surface area contributed by atoms with Crippen LogP contribution in [0.2, 0.25) is 5.04 Å². The van der Waals surface area contributed by atoms with Gasteiger partial charge in [-0.05, 0) is 22.3 Å². The Morgan fingerprint density at radius 3 is 1.94 bits per heavy atom. The van der Waals surface area contributed by atoms with E-state index in [1.165, 1.54) is 23.6 Å². The van der Waals surface area contributed by atoms with Crippen molar-refractivity contribution in [3.8, 4) is 0 Å². The number of carbonyl (C=O) groups excluding carboxylic acids is 1. The van der Waals surface area contributed by atoms with Gasteiger partial charge in [-0.25, -0.2) is 4.79 Å². The average molecular weight is 463 g/mol. The third-order valence-electron chi connectivity index (χ3n) is 5.97. The number of allylic oxidation sites excluding steroid dienone is 4. The Hall–Kier alpha value is -2.73. The van der Waals surface area contributed by atoms with Crippen LogP contribution in [0, 0.1) is 0 Å². The Labute approximate surface area is 198 Å². The third kappa shape index (κ3) is 5.80. The first-order valence-electron chi connectivity index (χ1n) is 11.3. The zero-order valence-electron chi connectivity index (χ0n) is 20.2. The van der Waals surface area contributed by atoms with E-state index in [0.29, 0.717) is 6.61 Å². The van der Waals surface area contributed by atoms with Gasteiger partial charge in [0.15, 0.2) is 0 Å². The second kappa shape index (κ2) is 10.5. The van der Waals surface area contributed by atoms with Gasteiger partial charge >= 0.3 is 5.97 Å². The molecule has 1 aliphatic rings. The van der Waals surface area contributed by atoms with Crippen molar-refractivity contribution in [2.75, 3.05) is 13.7 Å². The van der Waals surface area contributed by atoms with E-state index in [0.717, 1.165) is 0 Å². The van der Waals surface area contributed by atoms with Crippen molar-refractivity contribution < 1.29 is 18.7 Å². The summed E-state index contributed by atoms with van der Waals surface area (Å²) in [5.74, 6) is -0.379. The van der Waals surface area contributed by atoms with Crippen LogP contribution in [0.4, 0.5) is 0 Å². The number of methoxy groups -OCH3 is 1.